The molecule has 2 aromatic rings. The molecule has 0 bridgehead atoms. The van der Waals surface area contributed by atoms with Gasteiger partial charge >= 0.3 is 0 Å². The lowest BCUT2D eigenvalue weighted by molar-refractivity contribution is 0.282. The minimum atomic E-state index is 0.140. The van der Waals surface area contributed by atoms with E-state index in [4.69, 9.17) is 10.5 Å². The van der Waals surface area contributed by atoms with E-state index < -0.39 is 0 Å². The molecule has 1 aromatic heterocycles. The summed E-state index contributed by atoms with van der Waals surface area (Å²) in [6, 6.07) is 11.5. The van der Waals surface area contributed by atoms with Crippen molar-refractivity contribution in [1.29, 1.82) is 5.41 Å². The third-order valence-corrected chi connectivity index (χ3v) is 3.53. The average Bonchev–Trinajstić information content (AvgIpc) is 2.90. The monoisotopic (exact) mass is 341 g/mol. The molecular weight excluding hydrogens is 322 g/mol. The van der Waals surface area contributed by atoms with E-state index >= 15 is 0 Å². The standard InChI is InChI=1S/C7H8O.C6H6BrNS.C2H6/c8-6-7-4-2-1-3-5-7;1-4(8)5-2-6(7)9-3-5;1-2/h1-5,8H,6H2;2-3,8H,1H3;1-2H3. The maximum Gasteiger partial charge on any atom is 0.0705 e. The summed E-state index contributed by atoms with van der Waals surface area (Å²) in [5.41, 5.74) is 2.59. The first kappa shape index (κ1) is 18.0. The van der Waals surface area contributed by atoms with E-state index in [0.717, 1.165) is 14.9 Å². The molecule has 0 saturated heterocycles. The van der Waals surface area contributed by atoms with Gasteiger partial charge in [0.25, 0.3) is 0 Å². The summed E-state index contributed by atoms with van der Waals surface area (Å²) in [5, 5.41) is 17.7. The van der Waals surface area contributed by atoms with Crippen LogP contribution >= 0.6 is 27.3 Å². The Labute approximate surface area is 127 Å². The van der Waals surface area contributed by atoms with Gasteiger partial charge in [0.05, 0.1) is 10.4 Å². The lowest BCUT2D eigenvalue weighted by atomic mass is 10.2. The second-order valence-electron chi connectivity index (χ2n) is 3.41. The Morgan fingerprint density at radius 2 is 1.84 bits per heavy atom. The zero-order valence-electron chi connectivity index (χ0n) is 11.5. The van der Waals surface area contributed by atoms with Gasteiger partial charge in [-0.1, -0.05) is 44.2 Å². The largest absolute Gasteiger partial charge is 0.392 e. The number of nitrogens with one attached hydrogen (secondary N) is 1. The van der Waals surface area contributed by atoms with Gasteiger partial charge < -0.3 is 10.5 Å². The second-order valence-corrected chi connectivity index (χ2v) is 5.70. The third-order valence-electron chi connectivity index (χ3n) is 2.03. The van der Waals surface area contributed by atoms with Crippen LogP contribution < -0.4 is 0 Å². The SMILES string of the molecule is CC.CC(=N)c1csc(Br)c1.OCc1ccccc1. The molecule has 2 N–H and O–H groups in total. The van der Waals surface area contributed by atoms with Crippen LogP contribution in [0.25, 0.3) is 0 Å². The van der Waals surface area contributed by atoms with Gasteiger partial charge in [0.15, 0.2) is 0 Å². The van der Waals surface area contributed by atoms with Crippen LogP contribution in [0.5, 0.6) is 0 Å². The summed E-state index contributed by atoms with van der Waals surface area (Å²) in [5.74, 6) is 0. The molecule has 19 heavy (non-hydrogen) atoms. The van der Waals surface area contributed by atoms with Crippen LogP contribution in [-0.2, 0) is 6.61 Å². The van der Waals surface area contributed by atoms with Crippen LogP contribution in [0.2, 0.25) is 0 Å². The van der Waals surface area contributed by atoms with E-state index in [0.29, 0.717) is 5.71 Å². The molecule has 0 fully saturated rings. The molecule has 0 spiro atoms. The molecule has 1 heterocycles. The van der Waals surface area contributed by atoms with E-state index in [2.05, 4.69) is 15.9 Å². The highest BCUT2D eigenvalue weighted by Gasteiger charge is 1.96. The predicted molar refractivity (Wildman–Crippen MR) is 88.2 cm³/mol. The number of rotatable bonds is 2. The molecule has 0 aliphatic carbocycles. The first-order chi connectivity index (χ1) is 9.13. The van der Waals surface area contributed by atoms with Gasteiger partial charge in [0.2, 0.25) is 0 Å². The summed E-state index contributed by atoms with van der Waals surface area (Å²) in [6.45, 7) is 5.93. The fraction of sp³-hybridized carbons (Fsp3) is 0.267. The van der Waals surface area contributed by atoms with E-state index in [9.17, 15) is 0 Å². The molecule has 0 saturated carbocycles. The van der Waals surface area contributed by atoms with Crippen molar-refractivity contribution in [1.82, 2.24) is 0 Å². The number of benzene rings is 1. The molecule has 1 aromatic carbocycles. The molecule has 2 rings (SSSR count). The van der Waals surface area contributed by atoms with E-state index in [1.54, 1.807) is 18.3 Å². The summed E-state index contributed by atoms with van der Waals surface area (Å²) in [4.78, 5) is 0. The van der Waals surface area contributed by atoms with Crippen LogP contribution in [-0.4, -0.2) is 10.8 Å². The van der Waals surface area contributed by atoms with E-state index in [-0.39, 0.29) is 6.61 Å². The molecule has 4 heteroatoms. The first-order valence-corrected chi connectivity index (χ1v) is 7.75. The quantitative estimate of drug-likeness (QED) is 0.733. The topological polar surface area (TPSA) is 44.1 Å². The van der Waals surface area contributed by atoms with Gasteiger partial charge in [-0.15, -0.1) is 11.3 Å². The molecule has 0 atom stereocenters. The van der Waals surface area contributed by atoms with Crippen molar-refractivity contribution in [3.8, 4) is 0 Å². The number of thiophene rings is 1. The number of hydrogen-bond acceptors (Lipinski definition) is 3. The van der Waals surface area contributed by atoms with Crippen molar-refractivity contribution in [2.24, 2.45) is 0 Å². The van der Waals surface area contributed by atoms with Crippen molar-refractivity contribution in [3.05, 3.63) is 56.7 Å². The molecule has 0 unspecified atom stereocenters. The van der Waals surface area contributed by atoms with Crippen molar-refractivity contribution >= 4 is 33.0 Å². The molecule has 0 aliphatic rings. The zero-order chi connectivity index (χ0) is 14.7. The molecule has 0 radical (unpaired) electrons. The molecular formula is C15H20BrNOS. The summed E-state index contributed by atoms with van der Waals surface area (Å²) < 4.78 is 1.09. The van der Waals surface area contributed by atoms with Gasteiger partial charge in [-0.2, -0.15) is 0 Å². The molecule has 0 amide bonds. The molecule has 104 valence electrons. The van der Waals surface area contributed by atoms with Gasteiger partial charge in [0, 0.05) is 16.7 Å². The smallest absolute Gasteiger partial charge is 0.0705 e. The highest BCUT2D eigenvalue weighted by molar-refractivity contribution is 9.11. The second kappa shape index (κ2) is 10.9. The van der Waals surface area contributed by atoms with Crippen molar-refractivity contribution in [2.45, 2.75) is 27.4 Å². The minimum absolute atomic E-state index is 0.140. The Morgan fingerprint density at radius 1 is 1.26 bits per heavy atom. The number of hydrogen-bond donors (Lipinski definition) is 2. The Kier molecular flexibility index (Phi) is 10.4. The molecule has 2 nitrogen and oxygen atoms in total. The van der Waals surface area contributed by atoms with E-state index in [1.165, 1.54) is 0 Å². The highest BCUT2D eigenvalue weighted by Crippen LogP contribution is 2.20. The Balaban J connectivity index is 0.000000303. The van der Waals surface area contributed by atoms with Gasteiger partial charge in [-0.3, -0.25) is 0 Å². The van der Waals surface area contributed by atoms with Gasteiger partial charge in [-0.25, -0.2) is 0 Å². The van der Waals surface area contributed by atoms with Crippen molar-refractivity contribution < 1.29 is 5.11 Å². The summed E-state index contributed by atoms with van der Waals surface area (Å²) in [7, 11) is 0. The lowest BCUT2D eigenvalue weighted by Crippen LogP contribution is -1.85. The normalized spacial score (nSPS) is 8.68. The van der Waals surface area contributed by atoms with Crippen molar-refractivity contribution in [3.63, 3.8) is 0 Å². The third kappa shape index (κ3) is 7.93. The summed E-state index contributed by atoms with van der Waals surface area (Å²) in [6.07, 6.45) is 0. The Morgan fingerprint density at radius 3 is 2.11 bits per heavy atom. The lowest BCUT2D eigenvalue weighted by Gasteiger charge is -1.89. The fourth-order valence-corrected chi connectivity index (χ4v) is 2.30. The minimum Gasteiger partial charge on any atom is -0.392 e. The van der Waals surface area contributed by atoms with Gasteiger partial charge in [-0.05, 0) is 34.5 Å². The fourth-order valence-electron chi connectivity index (χ4n) is 1.09. The maximum absolute atomic E-state index is 8.54. The zero-order valence-corrected chi connectivity index (χ0v) is 13.9. The van der Waals surface area contributed by atoms with Crippen LogP contribution in [0.15, 0.2) is 45.6 Å². The Hall–Kier alpha value is -0.970. The average molecular weight is 342 g/mol. The van der Waals surface area contributed by atoms with Crippen LogP contribution in [0.3, 0.4) is 0 Å². The predicted octanol–water partition coefficient (Wildman–Crippen LogP) is 5.10. The molecule has 0 aliphatic heterocycles. The summed E-state index contributed by atoms with van der Waals surface area (Å²) >= 11 is 4.93. The van der Waals surface area contributed by atoms with Crippen LogP contribution in [0, 0.1) is 5.41 Å². The van der Waals surface area contributed by atoms with Gasteiger partial charge in [0.1, 0.15) is 0 Å². The highest BCUT2D eigenvalue weighted by atomic mass is 79.9. The van der Waals surface area contributed by atoms with E-state index in [1.807, 2.05) is 55.6 Å². The number of halogens is 1. The van der Waals surface area contributed by atoms with Crippen LogP contribution in [0.4, 0.5) is 0 Å². The Bertz CT molecular complexity index is 468. The van der Waals surface area contributed by atoms with Crippen molar-refractivity contribution in [2.75, 3.05) is 0 Å². The maximum atomic E-state index is 8.54. The first-order valence-electron chi connectivity index (χ1n) is 6.08. The number of aliphatic hydroxyl groups is 1. The van der Waals surface area contributed by atoms with Crippen LogP contribution in [0.1, 0.15) is 31.9 Å². The number of aliphatic hydroxyl groups excluding tert-OH is 1.